The lowest BCUT2D eigenvalue weighted by Crippen LogP contribution is -2.25. The third-order valence-electron chi connectivity index (χ3n) is 5.17. The van der Waals surface area contributed by atoms with E-state index in [1.165, 1.54) is 0 Å². The zero-order chi connectivity index (χ0) is 21.4. The van der Waals surface area contributed by atoms with Gasteiger partial charge in [0.1, 0.15) is 28.5 Å². The number of para-hydroxylation sites is 1. The molecule has 1 aliphatic heterocycles. The highest BCUT2D eigenvalue weighted by atomic mass is 16.5. The predicted molar refractivity (Wildman–Crippen MR) is 114 cm³/mol. The van der Waals surface area contributed by atoms with Crippen LogP contribution in [0, 0.1) is 0 Å². The van der Waals surface area contributed by atoms with Crippen molar-refractivity contribution in [1.82, 2.24) is 29.9 Å². The van der Waals surface area contributed by atoms with Gasteiger partial charge in [0.2, 0.25) is 11.9 Å². The first kappa shape index (κ1) is 18.9. The molecule has 3 aromatic heterocycles. The molecule has 1 fully saturated rings. The van der Waals surface area contributed by atoms with Crippen molar-refractivity contribution in [3.63, 3.8) is 0 Å². The van der Waals surface area contributed by atoms with Gasteiger partial charge in [-0.1, -0.05) is 23.4 Å². The van der Waals surface area contributed by atoms with Crippen molar-refractivity contribution < 1.29 is 9.53 Å². The van der Waals surface area contributed by atoms with Crippen LogP contribution in [0.2, 0.25) is 0 Å². The van der Waals surface area contributed by atoms with Crippen molar-refractivity contribution in [1.29, 1.82) is 0 Å². The minimum Gasteiger partial charge on any atom is -0.494 e. The summed E-state index contributed by atoms with van der Waals surface area (Å²) in [7, 11) is 1.58. The van der Waals surface area contributed by atoms with Gasteiger partial charge in [0, 0.05) is 18.4 Å². The minimum absolute atomic E-state index is 0.108. The van der Waals surface area contributed by atoms with E-state index < -0.39 is 0 Å². The SMILES string of the molecule is COc1cccc2c(-c3cn(Cc4cccc(N5CCCC5=O)n4)nn3)nc(N)nc12. The van der Waals surface area contributed by atoms with E-state index in [0.717, 1.165) is 17.5 Å². The minimum atomic E-state index is 0.108. The Morgan fingerprint density at radius 2 is 2.00 bits per heavy atom. The highest BCUT2D eigenvalue weighted by Crippen LogP contribution is 2.30. The van der Waals surface area contributed by atoms with E-state index in [0.29, 0.717) is 48.0 Å². The first-order chi connectivity index (χ1) is 15.1. The molecule has 1 amide bonds. The summed E-state index contributed by atoms with van der Waals surface area (Å²) in [5.41, 5.74) is 8.47. The summed E-state index contributed by atoms with van der Waals surface area (Å²) in [6.07, 6.45) is 3.22. The summed E-state index contributed by atoms with van der Waals surface area (Å²) in [5, 5.41) is 9.27. The number of fused-ring (bicyclic) bond motifs is 1. The molecule has 10 nitrogen and oxygen atoms in total. The van der Waals surface area contributed by atoms with Gasteiger partial charge in [0.15, 0.2) is 0 Å². The number of pyridine rings is 1. The van der Waals surface area contributed by atoms with Crippen LogP contribution in [0.25, 0.3) is 22.3 Å². The van der Waals surface area contributed by atoms with Crippen LogP contribution in [-0.2, 0) is 11.3 Å². The van der Waals surface area contributed by atoms with Crippen molar-refractivity contribution in [2.45, 2.75) is 19.4 Å². The van der Waals surface area contributed by atoms with Crippen LogP contribution < -0.4 is 15.4 Å². The number of nitrogens with two attached hydrogens (primary N) is 1. The van der Waals surface area contributed by atoms with E-state index in [1.807, 2.05) is 36.4 Å². The second kappa shape index (κ2) is 7.63. The zero-order valence-electron chi connectivity index (χ0n) is 16.9. The van der Waals surface area contributed by atoms with Gasteiger partial charge < -0.3 is 10.5 Å². The van der Waals surface area contributed by atoms with Crippen LogP contribution in [0.4, 0.5) is 11.8 Å². The number of carbonyl (C=O) groups excluding carboxylic acids is 1. The Morgan fingerprint density at radius 1 is 1.13 bits per heavy atom. The lowest BCUT2D eigenvalue weighted by molar-refractivity contribution is -0.117. The highest BCUT2D eigenvalue weighted by Gasteiger charge is 2.23. The number of hydrogen-bond acceptors (Lipinski definition) is 8. The molecule has 0 unspecified atom stereocenters. The van der Waals surface area contributed by atoms with E-state index in [1.54, 1.807) is 22.9 Å². The van der Waals surface area contributed by atoms with Crippen molar-refractivity contribution in [3.05, 3.63) is 48.3 Å². The average Bonchev–Trinajstić information content (AvgIpc) is 3.42. The molecule has 1 aliphatic rings. The molecule has 0 spiro atoms. The van der Waals surface area contributed by atoms with E-state index in [9.17, 15) is 4.79 Å². The molecule has 4 aromatic rings. The maximum atomic E-state index is 12.0. The largest absolute Gasteiger partial charge is 0.494 e. The number of rotatable bonds is 5. The standard InChI is InChI=1S/C21H20N8O2/c1-31-16-7-3-6-14-19(24-21(22)25-20(14)16)15-12-28(27-26-15)11-13-5-2-8-17(23-13)29-10-4-9-18(29)30/h2-3,5-8,12H,4,9-11H2,1H3,(H2,22,24,25). The van der Waals surface area contributed by atoms with Gasteiger partial charge in [-0.2, -0.15) is 0 Å². The molecule has 0 atom stereocenters. The first-order valence-electron chi connectivity index (χ1n) is 9.89. The Hall–Kier alpha value is -4.08. The lowest BCUT2D eigenvalue weighted by Gasteiger charge is -2.15. The van der Waals surface area contributed by atoms with E-state index in [-0.39, 0.29) is 11.9 Å². The molecule has 156 valence electrons. The van der Waals surface area contributed by atoms with Crippen LogP contribution in [0.15, 0.2) is 42.6 Å². The van der Waals surface area contributed by atoms with Crippen molar-refractivity contribution in [2.24, 2.45) is 0 Å². The number of nitrogen functional groups attached to an aromatic ring is 1. The van der Waals surface area contributed by atoms with E-state index in [4.69, 9.17) is 10.5 Å². The number of ether oxygens (including phenoxy) is 1. The molecular formula is C21H20N8O2. The molecule has 2 N–H and O–H groups in total. The molecule has 0 saturated carbocycles. The number of hydrogen-bond donors (Lipinski definition) is 1. The molecule has 0 aliphatic carbocycles. The molecule has 5 rings (SSSR count). The molecule has 4 heterocycles. The number of nitrogens with zero attached hydrogens (tertiary/aromatic N) is 7. The fourth-order valence-corrected chi connectivity index (χ4v) is 3.75. The van der Waals surface area contributed by atoms with Gasteiger partial charge in [-0.25, -0.2) is 19.6 Å². The Kier molecular flexibility index (Phi) is 4.66. The Balaban J connectivity index is 1.46. The van der Waals surface area contributed by atoms with Crippen molar-refractivity contribution in [2.75, 3.05) is 24.3 Å². The molecule has 0 radical (unpaired) electrons. The van der Waals surface area contributed by atoms with Crippen LogP contribution in [0.1, 0.15) is 18.5 Å². The third-order valence-corrected chi connectivity index (χ3v) is 5.17. The maximum absolute atomic E-state index is 12.0. The van der Waals surface area contributed by atoms with Crippen molar-refractivity contribution >= 4 is 28.6 Å². The van der Waals surface area contributed by atoms with Crippen LogP contribution in [0.3, 0.4) is 0 Å². The average molecular weight is 416 g/mol. The molecule has 31 heavy (non-hydrogen) atoms. The van der Waals surface area contributed by atoms with Gasteiger partial charge in [0.25, 0.3) is 0 Å². The quantitative estimate of drug-likeness (QED) is 0.524. The summed E-state index contributed by atoms with van der Waals surface area (Å²) >= 11 is 0. The molecule has 1 aromatic carbocycles. The van der Waals surface area contributed by atoms with Crippen LogP contribution in [0.5, 0.6) is 5.75 Å². The Morgan fingerprint density at radius 3 is 2.81 bits per heavy atom. The Labute approximate surface area is 177 Å². The topological polar surface area (TPSA) is 125 Å². The summed E-state index contributed by atoms with van der Waals surface area (Å²) in [4.78, 5) is 27.0. The number of aromatic nitrogens is 6. The molecular weight excluding hydrogens is 396 g/mol. The summed E-state index contributed by atoms with van der Waals surface area (Å²) in [6.45, 7) is 1.11. The van der Waals surface area contributed by atoms with E-state index >= 15 is 0 Å². The number of benzene rings is 1. The van der Waals surface area contributed by atoms with Gasteiger partial charge in [0.05, 0.1) is 25.5 Å². The van der Waals surface area contributed by atoms with Gasteiger partial charge in [-0.15, -0.1) is 5.10 Å². The number of methoxy groups -OCH3 is 1. The van der Waals surface area contributed by atoms with Crippen LogP contribution >= 0.6 is 0 Å². The van der Waals surface area contributed by atoms with Crippen LogP contribution in [-0.4, -0.2) is 49.5 Å². The molecule has 1 saturated heterocycles. The highest BCUT2D eigenvalue weighted by molar-refractivity contribution is 5.95. The number of amides is 1. The normalized spacial score (nSPS) is 13.8. The first-order valence-corrected chi connectivity index (χ1v) is 9.89. The fraction of sp³-hybridized carbons (Fsp3) is 0.238. The summed E-state index contributed by atoms with van der Waals surface area (Å²) in [5.74, 6) is 1.52. The Bertz CT molecular complexity index is 1290. The number of anilines is 2. The summed E-state index contributed by atoms with van der Waals surface area (Å²) in [6, 6.07) is 11.2. The third kappa shape index (κ3) is 3.52. The lowest BCUT2D eigenvalue weighted by atomic mass is 10.1. The smallest absolute Gasteiger partial charge is 0.228 e. The predicted octanol–water partition coefficient (Wildman–Crippen LogP) is 2.05. The second-order valence-electron chi connectivity index (χ2n) is 7.22. The van der Waals surface area contributed by atoms with Gasteiger partial charge in [-0.3, -0.25) is 9.69 Å². The molecule has 10 heteroatoms. The monoisotopic (exact) mass is 416 g/mol. The maximum Gasteiger partial charge on any atom is 0.228 e. The van der Waals surface area contributed by atoms with Gasteiger partial charge >= 0.3 is 0 Å². The number of carbonyl (C=O) groups is 1. The molecule has 0 bridgehead atoms. The zero-order valence-corrected chi connectivity index (χ0v) is 16.9. The fourth-order valence-electron chi connectivity index (χ4n) is 3.75. The van der Waals surface area contributed by atoms with E-state index in [2.05, 4.69) is 25.3 Å². The van der Waals surface area contributed by atoms with Crippen molar-refractivity contribution in [3.8, 4) is 17.1 Å². The summed E-state index contributed by atoms with van der Waals surface area (Å²) < 4.78 is 7.07. The second-order valence-corrected chi connectivity index (χ2v) is 7.22. The van der Waals surface area contributed by atoms with Gasteiger partial charge in [-0.05, 0) is 24.6 Å².